The molecule has 6 aliphatic rings. The quantitative estimate of drug-likeness (QED) is 0.346. The van der Waals surface area contributed by atoms with Crippen molar-refractivity contribution in [1.29, 1.82) is 0 Å². The van der Waals surface area contributed by atoms with Gasteiger partial charge in [-0.05, 0) is 74.5 Å². The number of rotatable bonds is 2. The SMILES string of the molecule is CC1=C(C)C(=O)OC(C(C)[C@H]2C(O)CC3C4C(CC[C@@]32C)[C@@]2(C)[C@@H](O)C[C@H](O)C[C@]2(O)[C@H]2O[C@@H]42)C1. The van der Waals surface area contributed by atoms with Crippen LogP contribution in [0.4, 0.5) is 0 Å². The first-order valence-corrected chi connectivity index (χ1v) is 13.6. The molecule has 4 saturated carbocycles. The summed E-state index contributed by atoms with van der Waals surface area (Å²) in [5.41, 5.74) is -0.355. The van der Waals surface area contributed by atoms with Crippen LogP contribution in [-0.4, -0.2) is 68.6 Å². The van der Waals surface area contributed by atoms with Gasteiger partial charge in [0.15, 0.2) is 0 Å². The molecule has 0 aromatic rings. The third-order valence-corrected chi connectivity index (χ3v) is 12.1. The van der Waals surface area contributed by atoms with Gasteiger partial charge in [0, 0.05) is 23.8 Å². The normalized spacial score (nSPS) is 58.0. The summed E-state index contributed by atoms with van der Waals surface area (Å²) in [4.78, 5) is 12.4. The molecule has 4 N–H and O–H groups in total. The van der Waals surface area contributed by atoms with E-state index < -0.39 is 29.3 Å². The summed E-state index contributed by atoms with van der Waals surface area (Å²) in [5, 5.41) is 44.9. The molecule has 196 valence electrons. The van der Waals surface area contributed by atoms with Gasteiger partial charge in [-0.25, -0.2) is 4.79 Å². The molecule has 5 fully saturated rings. The van der Waals surface area contributed by atoms with Crippen LogP contribution in [0.1, 0.15) is 73.1 Å². The van der Waals surface area contributed by atoms with Gasteiger partial charge in [0.25, 0.3) is 0 Å². The average Bonchev–Trinajstić information content (AvgIpc) is 3.53. The molecule has 2 heterocycles. The summed E-state index contributed by atoms with van der Waals surface area (Å²) < 4.78 is 12.0. The van der Waals surface area contributed by atoms with Crippen LogP contribution >= 0.6 is 0 Å². The maximum Gasteiger partial charge on any atom is 0.333 e. The van der Waals surface area contributed by atoms with Gasteiger partial charge in [0.05, 0.1) is 24.4 Å². The van der Waals surface area contributed by atoms with E-state index in [0.717, 1.165) is 18.4 Å². The third-order valence-electron chi connectivity index (χ3n) is 12.1. The molecule has 7 nitrogen and oxygen atoms in total. The lowest BCUT2D eigenvalue weighted by molar-refractivity contribution is -0.250. The summed E-state index contributed by atoms with van der Waals surface area (Å²) in [5.74, 6) is 0.201. The van der Waals surface area contributed by atoms with Gasteiger partial charge in [-0.15, -0.1) is 0 Å². The van der Waals surface area contributed by atoms with Crippen molar-refractivity contribution >= 4 is 5.97 Å². The number of carbonyl (C=O) groups is 1. The Labute approximate surface area is 207 Å². The molecular formula is C28H42O7. The minimum Gasteiger partial charge on any atom is -0.458 e. The molecule has 0 amide bonds. The second-order valence-corrected chi connectivity index (χ2v) is 13.4. The fraction of sp³-hybridized carbons (Fsp3) is 0.893. The van der Waals surface area contributed by atoms with Crippen LogP contribution in [0.2, 0.25) is 0 Å². The van der Waals surface area contributed by atoms with Crippen LogP contribution in [0.25, 0.3) is 0 Å². The molecule has 2 aliphatic heterocycles. The molecule has 6 unspecified atom stereocenters. The first kappa shape index (κ1) is 24.4. The summed E-state index contributed by atoms with van der Waals surface area (Å²) in [6.07, 6.45) is 0.919. The zero-order valence-electron chi connectivity index (χ0n) is 21.6. The number of carbonyl (C=O) groups excluding carboxylic acids is 1. The summed E-state index contributed by atoms with van der Waals surface area (Å²) in [6.45, 7) is 10.2. The molecule has 0 radical (unpaired) electrons. The van der Waals surface area contributed by atoms with E-state index in [2.05, 4.69) is 13.8 Å². The highest BCUT2D eigenvalue weighted by atomic mass is 16.6. The molecule has 35 heavy (non-hydrogen) atoms. The Hall–Kier alpha value is -0.990. The van der Waals surface area contributed by atoms with Gasteiger partial charge >= 0.3 is 5.97 Å². The smallest absolute Gasteiger partial charge is 0.333 e. The van der Waals surface area contributed by atoms with Gasteiger partial charge in [-0.1, -0.05) is 26.3 Å². The molecule has 7 heteroatoms. The lowest BCUT2D eigenvalue weighted by atomic mass is 9.42. The molecule has 0 bridgehead atoms. The van der Waals surface area contributed by atoms with Crippen molar-refractivity contribution in [1.82, 2.24) is 0 Å². The topological polar surface area (TPSA) is 120 Å². The fourth-order valence-corrected chi connectivity index (χ4v) is 10.0. The Morgan fingerprint density at radius 2 is 1.80 bits per heavy atom. The van der Waals surface area contributed by atoms with E-state index in [9.17, 15) is 25.2 Å². The van der Waals surface area contributed by atoms with Crippen molar-refractivity contribution in [2.45, 2.75) is 115 Å². The number of aliphatic hydroxyl groups excluding tert-OH is 3. The van der Waals surface area contributed by atoms with E-state index in [1.807, 2.05) is 20.8 Å². The minimum atomic E-state index is -1.23. The molecule has 0 aromatic heterocycles. The van der Waals surface area contributed by atoms with Gasteiger partial charge in [-0.3, -0.25) is 0 Å². The third kappa shape index (κ3) is 2.99. The Morgan fingerprint density at radius 3 is 2.49 bits per heavy atom. The molecule has 14 atom stereocenters. The van der Waals surface area contributed by atoms with Crippen LogP contribution in [0.15, 0.2) is 11.1 Å². The first-order chi connectivity index (χ1) is 16.3. The number of hydrogen-bond donors (Lipinski definition) is 4. The number of epoxide rings is 1. The highest BCUT2D eigenvalue weighted by molar-refractivity contribution is 5.89. The standard InChI is InChI=1S/C28H42O7/c1-12-8-19(34-25(32)13(12)2)14(3)22-18(30)10-17-21-16(6-7-26(17,22)4)27(5)20(31)9-15(29)11-28(27,33)24-23(21)35-24/h14-24,29-31,33H,6-11H2,1-5H3/t14?,15-,16?,17?,18?,19?,20-,21?,22-,23-,24-,26-,27-,28-/m0/s1. The second kappa shape index (κ2) is 7.53. The Kier molecular flexibility index (Phi) is 5.24. The Bertz CT molecular complexity index is 963. The van der Waals surface area contributed by atoms with E-state index in [-0.39, 0.29) is 72.1 Å². The van der Waals surface area contributed by atoms with Crippen LogP contribution in [-0.2, 0) is 14.3 Å². The largest absolute Gasteiger partial charge is 0.458 e. The van der Waals surface area contributed by atoms with E-state index in [1.54, 1.807) is 0 Å². The van der Waals surface area contributed by atoms with E-state index >= 15 is 0 Å². The second-order valence-electron chi connectivity index (χ2n) is 13.4. The maximum absolute atomic E-state index is 12.4. The lowest BCUT2D eigenvalue weighted by Crippen LogP contribution is -2.71. The van der Waals surface area contributed by atoms with Crippen LogP contribution in [0.3, 0.4) is 0 Å². The molecule has 6 rings (SSSR count). The monoisotopic (exact) mass is 490 g/mol. The molecular weight excluding hydrogens is 448 g/mol. The van der Waals surface area contributed by atoms with E-state index in [4.69, 9.17) is 9.47 Å². The minimum absolute atomic E-state index is 0.00127. The summed E-state index contributed by atoms with van der Waals surface area (Å²) in [7, 11) is 0. The summed E-state index contributed by atoms with van der Waals surface area (Å²) in [6, 6.07) is 0. The van der Waals surface area contributed by atoms with E-state index in [0.29, 0.717) is 18.4 Å². The van der Waals surface area contributed by atoms with Gasteiger partial charge in [0.1, 0.15) is 17.8 Å². The first-order valence-electron chi connectivity index (χ1n) is 13.6. The zero-order chi connectivity index (χ0) is 25.2. The van der Waals surface area contributed by atoms with Gasteiger partial charge < -0.3 is 29.9 Å². The van der Waals surface area contributed by atoms with Crippen molar-refractivity contribution < 1.29 is 34.7 Å². The van der Waals surface area contributed by atoms with Crippen molar-refractivity contribution in [3.63, 3.8) is 0 Å². The van der Waals surface area contributed by atoms with Crippen LogP contribution in [0, 0.1) is 40.4 Å². The maximum atomic E-state index is 12.4. The molecule has 0 aromatic carbocycles. The van der Waals surface area contributed by atoms with Crippen molar-refractivity contribution in [2.24, 2.45) is 40.4 Å². The molecule has 0 spiro atoms. The van der Waals surface area contributed by atoms with E-state index in [1.165, 1.54) is 0 Å². The predicted octanol–water partition coefficient (Wildman–Crippen LogP) is 2.34. The number of esters is 1. The van der Waals surface area contributed by atoms with Crippen molar-refractivity contribution in [3.05, 3.63) is 11.1 Å². The van der Waals surface area contributed by atoms with Crippen molar-refractivity contribution in [2.75, 3.05) is 0 Å². The zero-order valence-corrected chi connectivity index (χ0v) is 21.6. The lowest BCUT2D eigenvalue weighted by Gasteiger charge is -2.63. The van der Waals surface area contributed by atoms with Crippen LogP contribution < -0.4 is 0 Å². The number of hydrogen-bond acceptors (Lipinski definition) is 7. The average molecular weight is 491 g/mol. The summed E-state index contributed by atoms with van der Waals surface area (Å²) >= 11 is 0. The predicted molar refractivity (Wildman–Crippen MR) is 127 cm³/mol. The highest BCUT2D eigenvalue weighted by Crippen LogP contribution is 2.72. The van der Waals surface area contributed by atoms with Gasteiger partial charge in [-0.2, -0.15) is 0 Å². The molecule has 1 saturated heterocycles. The van der Waals surface area contributed by atoms with Gasteiger partial charge in [0.2, 0.25) is 0 Å². The fourth-order valence-electron chi connectivity index (χ4n) is 10.0. The highest BCUT2D eigenvalue weighted by Gasteiger charge is 2.78. The molecule has 4 aliphatic carbocycles. The Morgan fingerprint density at radius 1 is 1.09 bits per heavy atom. The Balaban J connectivity index is 1.32. The number of aliphatic hydroxyl groups is 4. The number of cyclic esters (lactones) is 1. The van der Waals surface area contributed by atoms with Crippen molar-refractivity contribution in [3.8, 4) is 0 Å². The number of fused-ring (bicyclic) bond motifs is 8. The number of ether oxygens (including phenoxy) is 2. The van der Waals surface area contributed by atoms with Crippen LogP contribution in [0.5, 0.6) is 0 Å².